The zero-order chi connectivity index (χ0) is 14.5. The molecule has 0 aromatic heterocycles. The van der Waals surface area contributed by atoms with Crippen molar-refractivity contribution in [1.82, 2.24) is 0 Å². The first-order chi connectivity index (χ1) is 9.61. The summed E-state index contributed by atoms with van der Waals surface area (Å²) in [4.78, 5) is 13.7. The second kappa shape index (κ2) is 6.62. The highest BCUT2D eigenvalue weighted by molar-refractivity contribution is 7.99. The Hall–Kier alpha value is -1.74. The zero-order valence-electron chi connectivity index (χ0n) is 11.8. The quantitative estimate of drug-likeness (QED) is 0.505. The molecule has 0 aliphatic carbocycles. The lowest BCUT2D eigenvalue weighted by atomic mass is 10.0. The van der Waals surface area contributed by atoms with E-state index in [2.05, 4.69) is 6.92 Å². The van der Waals surface area contributed by atoms with Crippen molar-refractivity contribution in [1.29, 1.82) is 0 Å². The fourth-order valence-corrected chi connectivity index (χ4v) is 2.89. The maximum atomic E-state index is 12.7. The number of ketones is 1. The lowest BCUT2D eigenvalue weighted by Gasteiger charge is -2.09. The molecule has 2 aromatic carbocycles. The first-order valence-electron chi connectivity index (χ1n) is 6.75. The molecule has 0 amide bonds. The molecule has 0 unspecified atom stereocenters. The minimum absolute atomic E-state index is 0.0413. The van der Waals surface area contributed by atoms with E-state index < -0.39 is 0 Å². The Balaban J connectivity index is 2.39. The van der Waals surface area contributed by atoms with Crippen LogP contribution in [0.4, 0.5) is 5.69 Å². The lowest BCUT2D eigenvalue weighted by molar-refractivity contribution is 0.103. The maximum absolute atomic E-state index is 12.7. The predicted octanol–water partition coefficient (Wildman–Crippen LogP) is 4.31. The van der Waals surface area contributed by atoms with Gasteiger partial charge >= 0.3 is 0 Å². The molecule has 104 valence electrons. The van der Waals surface area contributed by atoms with Gasteiger partial charge in [0, 0.05) is 21.7 Å². The van der Waals surface area contributed by atoms with Crippen LogP contribution in [0.2, 0.25) is 0 Å². The minimum atomic E-state index is 0.0413. The van der Waals surface area contributed by atoms with Gasteiger partial charge in [-0.1, -0.05) is 30.7 Å². The van der Waals surface area contributed by atoms with E-state index in [1.165, 1.54) is 0 Å². The van der Waals surface area contributed by atoms with Crippen LogP contribution in [-0.2, 0) is 0 Å². The van der Waals surface area contributed by atoms with E-state index >= 15 is 0 Å². The van der Waals surface area contributed by atoms with Gasteiger partial charge in [0.15, 0.2) is 5.78 Å². The Bertz CT molecular complexity index is 622. The summed E-state index contributed by atoms with van der Waals surface area (Å²) in [6.07, 6.45) is 1.09. The first-order valence-corrected chi connectivity index (χ1v) is 7.74. The Labute approximate surface area is 124 Å². The van der Waals surface area contributed by atoms with Crippen molar-refractivity contribution in [2.75, 3.05) is 11.5 Å². The van der Waals surface area contributed by atoms with Gasteiger partial charge in [-0.05, 0) is 43.4 Å². The molecule has 0 fully saturated rings. The molecule has 0 spiro atoms. The van der Waals surface area contributed by atoms with E-state index in [1.54, 1.807) is 23.9 Å². The molecule has 20 heavy (non-hydrogen) atoms. The van der Waals surface area contributed by atoms with E-state index in [9.17, 15) is 4.79 Å². The van der Waals surface area contributed by atoms with Gasteiger partial charge in [0.1, 0.15) is 0 Å². The van der Waals surface area contributed by atoms with E-state index in [0.29, 0.717) is 11.3 Å². The van der Waals surface area contributed by atoms with Crippen molar-refractivity contribution in [2.24, 2.45) is 0 Å². The van der Waals surface area contributed by atoms with Crippen molar-refractivity contribution in [3.63, 3.8) is 0 Å². The van der Waals surface area contributed by atoms with Crippen LogP contribution in [0.25, 0.3) is 0 Å². The van der Waals surface area contributed by atoms with Gasteiger partial charge in [-0.15, -0.1) is 11.8 Å². The van der Waals surface area contributed by atoms with Crippen LogP contribution in [0.15, 0.2) is 47.4 Å². The smallest absolute Gasteiger partial charge is 0.194 e. The van der Waals surface area contributed by atoms with Crippen LogP contribution in [0.5, 0.6) is 0 Å². The van der Waals surface area contributed by atoms with Crippen molar-refractivity contribution in [3.05, 3.63) is 59.2 Å². The molecule has 0 atom stereocenters. The topological polar surface area (TPSA) is 43.1 Å². The van der Waals surface area contributed by atoms with E-state index in [-0.39, 0.29) is 5.78 Å². The number of aryl methyl sites for hydroxylation is 1. The summed E-state index contributed by atoms with van der Waals surface area (Å²) in [5.74, 6) is 1.06. The van der Waals surface area contributed by atoms with Crippen molar-refractivity contribution in [3.8, 4) is 0 Å². The first kappa shape index (κ1) is 14.7. The average molecular weight is 285 g/mol. The van der Waals surface area contributed by atoms with Gasteiger partial charge in [-0.2, -0.15) is 0 Å². The molecule has 2 N–H and O–H groups in total. The van der Waals surface area contributed by atoms with Gasteiger partial charge in [-0.25, -0.2) is 0 Å². The maximum Gasteiger partial charge on any atom is 0.194 e. The fraction of sp³-hybridized carbons (Fsp3) is 0.235. The van der Waals surface area contributed by atoms with Crippen molar-refractivity contribution < 1.29 is 4.79 Å². The molecule has 2 aromatic rings. The summed E-state index contributed by atoms with van der Waals surface area (Å²) in [5.41, 5.74) is 8.90. The third-order valence-electron chi connectivity index (χ3n) is 2.99. The highest BCUT2D eigenvalue weighted by Gasteiger charge is 2.14. The highest BCUT2D eigenvalue weighted by atomic mass is 32.2. The van der Waals surface area contributed by atoms with Gasteiger partial charge < -0.3 is 5.73 Å². The number of carbonyl (C=O) groups is 1. The molecule has 0 aliphatic rings. The van der Waals surface area contributed by atoms with Crippen LogP contribution in [0.3, 0.4) is 0 Å². The molecule has 0 heterocycles. The average Bonchev–Trinajstić information content (AvgIpc) is 2.45. The molecule has 0 radical (unpaired) electrons. The van der Waals surface area contributed by atoms with Crippen LogP contribution < -0.4 is 5.73 Å². The number of hydrogen-bond acceptors (Lipinski definition) is 3. The monoisotopic (exact) mass is 285 g/mol. The molecular formula is C17H19NOS. The number of nitrogens with two attached hydrogens (primary N) is 1. The van der Waals surface area contributed by atoms with Crippen molar-refractivity contribution >= 4 is 23.2 Å². The van der Waals surface area contributed by atoms with E-state index in [0.717, 1.165) is 28.2 Å². The summed E-state index contributed by atoms with van der Waals surface area (Å²) in [5, 5.41) is 0. The Morgan fingerprint density at radius 2 is 2.00 bits per heavy atom. The van der Waals surface area contributed by atoms with Crippen LogP contribution in [-0.4, -0.2) is 11.5 Å². The molecule has 2 nitrogen and oxygen atoms in total. The van der Waals surface area contributed by atoms with Crippen LogP contribution in [0.1, 0.15) is 34.8 Å². The predicted molar refractivity (Wildman–Crippen MR) is 86.5 cm³/mol. The van der Waals surface area contributed by atoms with Crippen LogP contribution >= 0.6 is 11.8 Å². The number of carbonyl (C=O) groups excluding carboxylic acids is 1. The number of thioether (sulfide) groups is 1. The summed E-state index contributed by atoms with van der Waals surface area (Å²) in [6, 6.07) is 13.2. The molecular weight excluding hydrogens is 266 g/mol. The largest absolute Gasteiger partial charge is 0.399 e. The fourth-order valence-electron chi connectivity index (χ4n) is 1.99. The van der Waals surface area contributed by atoms with Crippen molar-refractivity contribution in [2.45, 2.75) is 25.2 Å². The number of rotatable bonds is 5. The number of benzene rings is 2. The third kappa shape index (κ3) is 3.42. The Morgan fingerprint density at radius 1 is 1.20 bits per heavy atom. The van der Waals surface area contributed by atoms with Gasteiger partial charge in [0.25, 0.3) is 0 Å². The Morgan fingerprint density at radius 3 is 2.70 bits per heavy atom. The Kier molecular flexibility index (Phi) is 4.85. The van der Waals surface area contributed by atoms with E-state index in [1.807, 2.05) is 37.3 Å². The summed E-state index contributed by atoms with van der Waals surface area (Å²) < 4.78 is 0. The van der Waals surface area contributed by atoms with E-state index in [4.69, 9.17) is 5.73 Å². The van der Waals surface area contributed by atoms with Gasteiger partial charge in [-0.3, -0.25) is 4.79 Å². The summed E-state index contributed by atoms with van der Waals surface area (Å²) in [6.45, 7) is 4.14. The second-order valence-corrected chi connectivity index (χ2v) is 5.94. The molecule has 0 saturated carbocycles. The van der Waals surface area contributed by atoms with Gasteiger partial charge in [0.05, 0.1) is 0 Å². The number of nitrogen functional groups attached to an aromatic ring is 1. The standard InChI is InChI=1S/C17H19NOS/c1-3-9-20-16-8-7-12(2)10-15(16)17(19)13-5-4-6-14(18)11-13/h4-8,10-11H,3,9,18H2,1-2H3. The second-order valence-electron chi connectivity index (χ2n) is 4.80. The highest BCUT2D eigenvalue weighted by Crippen LogP contribution is 2.27. The molecule has 0 bridgehead atoms. The zero-order valence-corrected chi connectivity index (χ0v) is 12.7. The number of anilines is 1. The normalized spacial score (nSPS) is 10.5. The lowest BCUT2D eigenvalue weighted by Crippen LogP contribution is -2.04. The third-order valence-corrected chi connectivity index (χ3v) is 4.27. The summed E-state index contributed by atoms with van der Waals surface area (Å²) in [7, 11) is 0. The van der Waals surface area contributed by atoms with Gasteiger partial charge in [0.2, 0.25) is 0 Å². The number of hydrogen-bond donors (Lipinski definition) is 1. The molecule has 3 heteroatoms. The SMILES string of the molecule is CCCSc1ccc(C)cc1C(=O)c1cccc(N)c1. The van der Waals surface area contributed by atoms with Crippen LogP contribution in [0, 0.1) is 6.92 Å². The molecule has 0 aliphatic heterocycles. The molecule has 0 saturated heterocycles. The molecule has 2 rings (SSSR count). The summed E-state index contributed by atoms with van der Waals surface area (Å²) >= 11 is 1.73. The minimum Gasteiger partial charge on any atom is -0.399 e.